The van der Waals surface area contributed by atoms with Crippen LogP contribution in [0.2, 0.25) is 0 Å². The van der Waals surface area contributed by atoms with Crippen molar-refractivity contribution in [1.29, 1.82) is 0 Å². The molecule has 0 radical (unpaired) electrons. The molecule has 0 bridgehead atoms. The molecule has 0 aliphatic carbocycles. The van der Waals surface area contributed by atoms with Gasteiger partial charge in [-0.05, 0) is 72.5 Å². The first-order chi connectivity index (χ1) is 18.9. The van der Waals surface area contributed by atoms with E-state index >= 15 is 0 Å². The van der Waals surface area contributed by atoms with Crippen LogP contribution in [0.15, 0.2) is 72.3 Å². The maximum atomic E-state index is 13.2. The van der Waals surface area contributed by atoms with Gasteiger partial charge in [-0.15, -0.1) is 0 Å². The molecule has 3 aromatic rings. The van der Waals surface area contributed by atoms with Crippen LogP contribution in [0.25, 0.3) is 6.08 Å². The van der Waals surface area contributed by atoms with E-state index in [1.54, 1.807) is 54.6 Å². The fourth-order valence-corrected chi connectivity index (χ4v) is 3.84. The third-order valence-corrected chi connectivity index (χ3v) is 5.81. The summed E-state index contributed by atoms with van der Waals surface area (Å²) in [5.41, 5.74) is 1.87. The standard InChI is InChI=1S/C30H29FN2O6/c1-3-15-38-26-14-9-22(17-27(26)37-4-2)18-33-29(35)25(28(34)32-30(33)36)16-20-7-12-24(13-8-20)39-19-21-5-10-23(31)11-6-21/h5-14,16-17H,3-4,15,18-19H2,1-2H3,(H,32,34,36)/b25-16+. The molecular formula is C30H29FN2O6. The molecule has 1 fully saturated rings. The van der Waals surface area contributed by atoms with Crippen LogP contribution in [0.3, 0.4) is 0 Å². The first-order valence-corrected chi connectivity index (χ1v) is 12.6. The van der Waals surface area contributed by atoms with Crippen LogP contribution in [0.5, 0.6) is 17.2 Å². The monoisotopic (exact) mass is 532 g/mol. The number of hydrogen-bond acceptors (Lipinski definition) is 6. The molecule has 0 spiro atoms. The Balaban J connectivity index is 1.47. The minimum absolute atomic E-state index is 0.0560. The Morgan fingerprint density at radius 2 is 1.56 bits per heavy atom. The number of nitrogens with zero attached hydrogens (tertiary/aromatic N) is 1. The molecule has 1 aliphatic heterocycles. The quantitative estimate of drug-likeness (QED) is 0.268. The van der Waals surface area contributed by atoms with Crippen LogP contribution in [0, 0.1) is 5.82 Å². The van der Waals surface area contributed by atoms with Crippen molar-refractivity contribution in [3.05, 3.63) is 94.8 Å². The minimum atomic E-state index is -0.795. The predicted octanol–water partition coefficient (Wildman–Crippen LogP) is 5.25. The average molecular weight is 533 g/mol. The number of halogens is 1. The van der Waals surface area contributed by atoms with Crippen LogP contribution >= 0.6 is 0 Å². The fraction of sp³-hybridized carbons (Fsp3) is 0.233. The summed E-state index contributed by atoms with van der Waals surface area (Å²) in [4.78, 5) is 39.2. The lowest BCUT2D eigenvalue weighted by molar-refractivity contribution is -0.130. The van der Waals surface area contributed by atoms with E-state index < -0.39 is 17.8 Å². The van der Waals surface area contributed by atoms with Crippen LogP contribution < -0.4 is 19.5 Å². The van der Waals surface area contributed by atoms with E-state index in [1.165, 1.54) is 18.2 Å². The molecule has 202 valence electrons. The zero-order chi connectivity index (χ0) is 27.8. The van der Waals surface area contributed by atoms with Gasteiger partial charge in [0.15, 0.2) is 11.5 Å². The van der Waals surface area contributed by atoms with E-state index in [9.17, 15) is 18.8 Å². The van der Waals surface area contributed by atoms with Gasteiger partial charge in [0.05, 0.1) is 19.8 Å². The van der Waals surface area contributed by atoms with E-state index in [0.29, 0.717) is 41.6 Å². The fourth-order valence-electron chi connectivity index (χ4n) is 3.84. The van der Waals surface area contributed by atoms with Crippen molar-refractivity contribution >= 4 is 23.9 Å². The molecule has 1 saturated heterocycles. The number of carbonyl (C=O) groups excluding carboxylic acids is 3. The number of hydrogen-bond donors (Lipinski definition) is 1. The maximum absolute atomic E-state index is 13.2. The summed E-state index contributed by atoms with van der Waals surface area (Å²) in [5.74, 6) is -0.127. The Morgan fingerprint density at radius 3 is 2.26 bits per heavy atom. The third kappa shape index (κ3) is 7.01. The highest BCUT2D eigenvalue weighted by molar-refractivity contribution is 6.30. The number of nitrogens with one attached hydrogen (secondary N) is 1. The van der Waals surface area contributed by atoms with Gasteiger partial charge in [0.25, 0.3) is 11.8 Å². The highest BCUT2D eigenvalue weighted by Crippen LogP contribution is 2.30. The summed E-state index contributed by atoms with van der Waals surface area (Å²) in [7, 11) is 0. The summed E-state index contributed by atoms with van der Waals surface area (Å²) in [6.07, 6.45) is 2.26. The Labute approximate surface area is 226 Å². The second-order valence-electron chi connectivity index (χ2n) is 8.76. The zero-order valence-corrected chi connectivity index (χ0v) is 21.7. The van der Waals surface area contributed by atoms with Crippen LogP contribution in [0.1, 0.15) is 37.0 Å². The molecule has 3 aromatic carbocycles. The molecule has 0 unspecified atom stereocenters. The summed E-state index contributed by atoms with van der Waals surface area (Å²) in [5, 5.41) is 2.23. The molecule has 1 heterocycles. The number of benzene rings is 3. The van der Waals surface area contributed by atoms with E-state index in [-0.39, 0.29) is 24.5 Å². The number of rotatable bonds is 11. The smallest absolute Gasteiger partial charge is 0.331 e. The summed E-state index contributed by atoms with van der Waals surface area (Å²) in [6, 6.07) is 17.2. The topological polar surface area (TPSA) is 94.2 Å². The number of imide groups is 2. The number of ether oxygens (including phenoxy) is 3. The van der Waals surface area contributed by atoms with E-state index in [0.717, 1.165) is 16.9 Å². The molecule has 1 aliphatic rings. The lowest BCUT2D eigenvalue weighted by Crippen LogP contribution is -2.53. The molecule has 0 saturated carbocycles. The van der Waals surface area contributed by atoms with Gasteiger partial charge in [-0.1, -0.05) is 37.3 Å². The van der Waals surface area contributed by atoms with Crippen molar-refractivity contribution < 1.29 is 33.0 Å². The molecule has 4 rings (SSSR count). The first-order valence-electron chi connectivity index (χ1n) is 12.6. The first kappa shape index (κ1) is 27.4. The SMILES string of the molecule is CCCOc1ccc(CN2C(=O)NC(=O)/C(=C\c3ccc(OCc4ccc(F)cc4)cc3)C2=O)cc1OCC. The minimum Gasteiger partial charge on any atom is -0.490 e. The predicted molar refractivity (Wildman–Crippen MR) is 143 cm³/mol. The Morgan fingerprint density at radius 1 is 0.846 bits per heavy atom. The lowest BCUT2D eigenvalue weighted by atomic mass is 10.1. The largest absolute Gasteiger partial charge is 0.490 e. The highest BCUT2D eigenvalue weighted by atomic mass is 19.1. The average Bonchev–Trinajstić information content (AvgIpc) is 2.93. The van der Waals surface area contributed by atoms with Gasteiger partial charge in [-0.3, -0.25) is 19.8 Å². The number of barbiturate groups is 1. The Kier molecular flexibility index (Phi) is 8.94. The van der Waals surface area contributed by atoms with E-state index in [4.69, 9.17) is 14.2 Å². The number of amides is 4. The molecule has 0 atom stereocenters. The Bertz CT molecular complexity index is 1370. The second-order valence-corrected chi connectivity index (χ2v) is 8.76. The van der Waals surface area contributed by atoms with Crippen molar-refractivity contribution in [3.63, 3.8) is 0 Å². The summed E-state index contributed by atoms with van der Waals surface area (Å²) < 4.78 is 30.2. The van der Waals surface area contributed by atoms with Crippen molar-refractivity contribution in [2.45, 2.75) is 33.4 Å². The van der Waals surface area contributed by atoms with Crippen molar-refractivity contribution in [1.82, 2.24) is 10.2 Å². The van der Waals surface area contributed by atoms with Gasteiger partial charge in [-0.25, -0.2) is 9.18 Å². The van der Waals surface area contributed by atoms with Gasteiger partial charge >= 0.3 is 6.03 Å². The van der Waals surface area contributed by atoms with Crippen molar-refractivity contribution in [3.8, 4) is 17.2 Å². The van der Waals surface area contributed by atoms with Crippen molar-refractivity contribution in [2.75, 3.05) is 13.2 Å². The molecule has 0 aromatic heterocycles. The van der Waals surface area contributed by atoms with Gasteiger partial charge in [0, 0.05) is 0 Å². The van der Waals surface area contributed by atoms with Crippen molar-refractivity contribution in [2.24, 2.45) is 0 Å². The van der Waals surface area contributed by atoms with Crippen LogP contribution in [-0.2, 0) is 22.7 Å². The van der Waals surface area contributed by atoms with Gasteiger partial charge in [0.1, 0.15) is 23.7 Å². The molecule has 9 heteroatoms. The van der Waals surface area contributed by atoms with Gasteiger partial charge in [0.2, 0.25) is 0 Å². The highest BCUT2D eigenvalue weighted by Gasteiger charge is 2.35. The van der Waals surface area contributed by atoms with Crippen LogP contribution in [0.4, 0.5) is 9.18 Å². The Hall–Kier alpha value is -4.66. The number of carbonyl (C=O) groups is 3. The van der Waals surface area contributed by atoms with Gasteiger partial charge < -0.3 is 14.2 Å². The molecule has 1 N–H and O–H groups in total. The third-order valence-electron chi connectivity index (χ3n) is 5.81. The summed E-state index contributed by atoms with van der Waals surface area (Å²) >= 11 is 0. The molecular weight excluding hydrogens is 503 g/mol. The summed E-state index contributed by atoms with van der Waals surface area (Å²) in [6.45, 7) is 5.01. The lowest BCUT2D eigenvalue weighted by Gasteiger charge is -2.26. The normalized spacial score (nSPS) is 14.4. The number of urea groups is 1. The van der Waals surface area contributed by atoms with Crippen LogP contribution in [-0.4, -0.2) is 36.0 Å². The maximum Gasteiger partial charge on any atom is 0.331 e. The molecule has 4 amide bonds. The van der Waals surface area contributed by atoms with E-state index in [2.05, 4.69) is 5.32 Å². The van der Waals surface area contributed by atoms with Gasteiger partial charge in [-0.2, -0.15) is 0 Å². The molecule has 8 nitrogen and oxygen atoms in total. The van der Waals surface area contributed by atoms with E-state index in [1.807, 2.05) is 13.8 Å². The zero-order valence-electron chi connectivity index (χ0n) is 21.7. The second kappa shape index (κ2) is 12.7. The molecule has 39 heavy (non-hydrogen) atoms.